The summed E-state index contributed by atoms with van der Waals surface area (Å²) in [5, 5.41) is 1.93. The van der Waals surface area contributed by atoms with Crippen LogP contribution in [0, 0.1) is 11.7 Å². The van der Waals surface area contributed by atoms with Crippen molar-refractivity contribution in [3.05, 3.63) is 58.0 Å². The van der Waals surface area contributed by atoms with E-state index in [9.17, 15) is 14.0 Å². The molecule has 1 aromatic heterocycles. The molecule has 1 aliphatic heterocycles. The number of hydrogen-bond donors (Lipinski definition) is 0. The predicted octanol–water partition coefficient (Wildman–Crippen LogP) is 5.24. The van der Waals surface area contributed by atoms with Gasteiger partial charge in [-0.25, -0.2) is 4.39 Å². The molecule has 1 aliphatic carbocycles. The van der Waals surface area contributed by atoms with Crippen LogP contribution >= 0.6 is 11.3 Å². The Morgan fingerprint density at radius 1 is 1.16 bits per heavy atom. The van der Waals surface area contributed by atoms with Crippen LogP contribution in [0.1, 0.15) is 55.9 Å². The molecule has 31 heavy (non-hydrogen) atoms. The van der Waals surface area contributed by atoms with E-state index in [0.29, 0.717) is 19.4 Å². The second-order valence-corrected chi connectivity index (χ2v) is 9.77. The number of carbonyl (C=O) groups is 2. The van der Waals surface area contributed by atoms with E-state index in [1.165, 1.54) is 23.5 Å². The van der Waals surface area contributed by atoms with Crippen molar-refractivity contribution < 1.29 is 23.5 Å². The molecular formula is C25H29FO4S. The predicted molar refractivity (Wildman–Crippen MR) is 118 cm³/mol. The molecule has 1 aromatic carbocycles. The van der Waals surface area contributed by atoms with Gasteiger partial charge >= 0.3 is 5.97 Å². The van der Waals surface area contributed by atoms with Gasteiger partial charge in [-0.05, 0) is 61.7 Å². The number of thiophene rings is 1. The minimum absolute atomic E-state index is 0.139. The molecular weight excluding hydrogens is 415 g/mol. The number of benzene rings is 1. The maximum Gasteiger partial charge on any atom is 0.317 e. The molecule has 2 heterocycles. The molecule has 2 aromatic rings. The highest BCUT2D eigenvalue weighted by Crippen LogP contribution is 2.52. The first-order valence-electron chi connectivity index (χ1n) is 11.1. The Morgan fingerprint density at radius 3 is 2.55 bits per heavy atom. The van der Waals surface area contributed by atoms with Crippen LogP contribution in [0.3, 0.4) is 0 Å². The Balaban J connectivity index is 1.80. The molecule has 0 bridgehead atoms. The molecule has 2 fully saturated rings. The van der Waals surface area contributed by atoms with Crippen molar-refractivity contribution in [3.63, 3.8) is 0 Å². The van der Waals surface area contributed by atoms with Gasteiger partial charge in [0.15, 0.2) is 5.78 Å². The summed E-state index contributed by atoms with van der Waals surface area (Å²) in [7, 11) is 0. The third-order valence-electron chi connectivity index (χ3n) is 6.85. The second kappa shape index (κ2) is 9.21. The summed E-state index contributed by atoms with van der Waals surface area (Å²) in [6, 6.07) is 10.1. The van der Waals surface area contributed by atoms with E-state index in [0.717, 1.165) is 36.1 Å². The van der Waals surface area contributed by atoms with Crippen LogP contribution < -0.4 is 0 Å². The Morgan fingerprint density at radius 2 is 1.90 bits per heavy atom. The van der Waals surface area contributed by atoms with Crippen molar-refractivity contribution in [2.24, 2.45) is 5.92 Å². The molecule has 2 aliphatic rings. The number of esters is 1. The van der Waals surface area contributed by atoms with Crippen LogP contribution in [0.4, 0.5) is 4.39 Å². The highest BCUT2D eigenvalue weighted by molar-refractivity contribution is 7.10. The molecule has 1 spiro atoms. The van der Waals surface area contributed by atoms with Gasteiger partial charge in [0, 0.05) is 23.3 Å². The van der Waals surface area contributed by atoms with E-state index in [1.807, 2.05) is 17.5 Å². The summed E-state index contributed by atoms with van der Waals surface area (Å²) in [5.41, 5.74) is -0.279. The Kier molecular flexibility index (Phi) is 6.58. The molecule has 6 heteroatoms. The maximum absolute atomic E-state index is 13.8. The first kappa shape index (κ1) is 22.2. The summed E-state index contributed by atoms with van der Waals surface area (Å²) in [4.78, 5) is 27.9. The highest BCUT2D eigenvalue weighted by atomic mass is 32.1. The Hall–Kier alpha value is -2.05. The van der Waals surface area contributed by atoms with Crippen LogP contribution in [-0.2, 0) is 30.9 Å². The average molecular weight is 445 g/mol. The summed E-state index contributed by atoms with van der Waals surface area (Å²) in [6.07, 6.45) is 5.29. The van der Waals surface area contributed by atoms with Crippen molar-refractivity contribution in [1.82, 2.24) is 0 Å². The lowest BCUT2D eigenvalue weighted by Crippen LogP contribution is -2.54. The zero-order valence-electron chi connectivity index (χ0n) is 17.9. The third kappa shape index (κ3) is 4.46. The minimum atomic E-state index is -0.943. The van der Waals surface area contributed by atoms with Crippen molar-refractivity contribution >= 4 is 23.1 Å². The number of hydrogen-bond acceptors (Lipinski definition) is 5. The van der Waals surface area contributed by atoms with E-state index < -0.39 is 17.3 Å². The van der Waals surface area contributed by atoms with Crippen molar-refractivity contribution in [3.8, 4) is 0 Å². The zero-order chi connectivity index (χ0) is 21.9. The van der Waals surface area contributed by atoms with Crippen molar-refractivity contribution in [1.29, 1.82) is 0 Å². The molecule has 166 valence electrons. The molecule has 1 saturated heterocycles. The minimum Gasteiger partial charge on any atom is -0.465 e. The SMILES string of the molecule is CCOC(=O)C(C(=O)Cc1cccs1)C1(c2ccc(F)cc2)CCOC2(CCCC2)C1. The molecule has 1 saturated carbocycles. The molecule has 0 radical (unpaired) electrons. The fourth-order valence-electron chi connectivity index (χ4n) is 5.52. The number of ether oxygens (including phenoxy) is 2. The van der Waals surface area contributed by atoms with E-state index in [-0.39, 0.29) is 30.2 Å². The molecule has 4 rings (SSSR count). The second-order valence-electron chi connectivity index (χ2n) is 8.74. The number of Topliss-reactive ketones (excluding diaryl/α,β-unsaturated/α-hetero) is 1. The topological polar surface area (TPSA) is 52.6 Å². The lowest BCUT2D eigenvalue weighted by Gasteiger charge is -2.49. The quantitative estimate of drug-likeness (QED) is 0.433. The summed E-state index contributed by atoms with van der Waals surface area (Å²) in [6.45, 7) is 2.44. The summed E-state index contributed by atoms with van der Waals surface area (Å²) in [5.74, 6) is -1.90. The van der Waals surface area contributed by atoms with Gasteiger partial charge in [0.05, 0.1) is 12.2 Å². The van der Waals surface area contributed by atoms with Gasteiger partial charge in [-0.3, -0.25) is 9.59 Å². The zero-order valence-corrected chi connectivity index (χ0v) is 18.7. The van der Waals surface area contributed by atoms with Crippen molar-refractivity contribution in [2.45, 2.75) is 62.9 Å². The maximum atomic E-state index is 13.8. The molecule has 2 unspecified atom stereocenters. The van der Waals surface area contributed by atoms with Gasteiger partial charge < -0.3 is 9.47 Å². The average Bonchev–Trinajstić information content (AvgIpc) is 3.41. The van der Waals surface area contributed by atoms with E-state index in [2.05, 4.69) is 0 Å². The Labute approximate surface area is 186 Å². The summed E-state index contributed by atoms with van der Waals surface area (Å²) >= 11 is 1.51. The summed E-state index contributed by atoms with van der Waals surface area (Å²) < 4.78 is 25.5. The normalized spacial score (nSPS) is 23.5. The van der Waals surface area contributed by atoms with Crippen LogP contribution in [0.5, 0.6) is 0 Å². The first-order valence-corrected chi connectivity index (χ1v) is 12.0. The van der Waals surface area contributed by atoms with Gasteiger partial charge in [-0.1, -0.05) is 31.0 Å². The fraction of sp³-hybridized carbons (Fsp3) is 0.520. The van der Waals surface area contributed by atoms with Crippen molar-refractivity contribution in [2.75, 3.05) is 13.2 Å². The number of rotatable bonds is 7. The highest BCUT2D eigenvalue weighted by Gasteiger charge is 2.56. The molecule has 0 amide bonds. The number of carbonyl (C=O) groups excluding carboxylic acids is 2. The van der Waals surface area contributed by atoms with Crippen LogP contribution in [-0.4, -0.2) is 30.6 Å². The van der Waals surface area contributed by atoms with Crippen LogP contribution in [0.2, 0.25) is 0 Å². The standard InChI is InChI=1S/C25H29FO4S/c1-2-29-23(28)22(21(27)16-20-6-5-15-31-20)25(18-7-9-19(26)10-8-18)13-14-30-24(17-25)11-3-4-12-24/h5-10,15,22H,2-4,11-14,16-17H2,1H3. The lowest BCUT2D eigenvalue weighted by atomic mass is 9.59. The van der Waals surface area contributed by atoms with Crippen LogP contribution in [0.15, 0.2) is 41.8 Å². The lowest BCUT2D eigenvalue weighted by molar-refractivity contribution is -0.163. The van der Waals surface area contributed by atoms with Gasteiger partial charge in [0.25, 0.3) is 0 Å². The number of halogens is 1. The Bertz CT molecular complexity index is 902. The molecule has 2 atom stereocenters. The fourth-order valence-corrected chi connectivity index (χ4v) is 6.24. The van der Waals surface area contributed by atoms with Gasteiger partial charge in [-0.2, -0.15) is 0 Å². The van der Waals surface area contributed by atoms with Crippen LogP contribution in [0.25, 0.3) is 0 Å². The smallest absolute Gasteiger partial charge is 0.317 e. The monoisotopic (exact) mass is 444 g/mol. The van der Waals surface area contributed by atoms with Gasteiger partial charge in [-0.15, -0.1) is 11.3 Å². The number of ketones is 1. The van der Waals surface area contributed by atoms with E-state index >= 15 is 0 Å². The molecule has 4 nitrogen and oxygen atoms in total. The first-order chi connectivity index (χ1) is 15.0. The van der Waals surface area contributed by atoms with E-state index in [4.69, 9.17) is 9.47 Å². The third-order valence-corrected chi connectivity index (χ3v) is 7.73. The molecule has 0 N–H and O–H groups in total. The largest absolute Gasteiger partial charge is 0.465 e. The van der Waals surface area contributed by atoms with E-state index in [1.54, 1.807) is 19.1 Å². The van der Waals surface area contributed by atoms with Gasteiger partial charge in [0.1, 0.15) is 11.7 Å². The van der Waals surface area contributed by atoms with Gasteiger partial charge in [0.2, 0.25) is 0 Å².